The van der Waals surface area contributed by atoms with Gasteiger partial charge in [-0.15, -0.1) is 0 Å². The van der Waals surface area contributed by atoms with Gasteiger partial charge in [-0.2, -0.15) is 13.5 Å². The van der Waals surface area contributed by atoms with Gasteiger partial charge in [-0.05, 0) is 55.4 Å². The zero-order chi connectivity index (χ0) is 18.6. The van der Waals surface area contributed by atoms with Crippen LogP contribution in [0.3, 0.4) is 0 Å². The third-order valence-electron chi connectivity index (χ3n) is 5.32. The number of ether oxygens (including phenoxy) is 1. The molecule has 1 aromatic heterocycles. The van der Waals surface area contributed by atoms with Crippen molar-refractivity contribution in [2.45, 2.75) is 49.6 Å². The van der Waals surface area contributed by atoms with Crippen molar-refractivity contribution in [3.05, 3.63) is 35.0 Å². The lowest BCUT2D eigenvalue weighted by molar-refractivity contribution is 0.256. The zero-order valence-corrected chi connectivity index (χ0v) is 15.5. The molecule has 27 heavy (non-hydrogen) atoms. The second-order valence-electron chi connectivity index (χ2n) is 7.24. The summed E-state index contributed by atoms with van der Waals surface area (Å²) in [6, 6.07) is 2.97. The fourth-order valence-corrected chi connectivity index (χ4v) is 4.71. The van der Waals surface area contributed by atoms with Gasteiger partial charge < -0.3 is 10.1 Å². The summed E-state index contributed by atoms with van der Waals surface area (Å²) in [5, 5.41) is 6.71. The number of anilines is 1. The molecule has 2 aliphatic carbocycles. The van der Waals surface area contributed by atoms with E-state index in [1.54, 1.807) is 10.9 Å². The summed E-state index contributed by atoms with van der Waals surface area (Å²) >= 11 is 0. The minimum Gasteiger partial charge on any atom is -0.493 e. The Hall–Kier alpha value is -2.55. The van der Waals surface area contributed by atoms with E-state index < -0.39 is 16.1 Å². The number of amides is 2. The summed E-state index contributed by atoms with van der Waals surface area (Å²) in [6.45, 7) is 0.575. The highest BCUT2D eigenvalue weighted by Crippen LogP contribution is 2.40. The molecule has 0 bridgehead atoms. The maximum atomic E-state index is 12.5. The lowest BCUT2D eigenvalue weighted by Crippen LogP contribution is -2.35. The Kier molecular flexibility index (Phi) is 3.68. The minimum absolute atomic E-state index is 0.142. The molecule has 3 aliphatic rings. The fourth-order valence-electron chi connectivity index (χ4n) is 3.87. The number of nitrogens with zero attached hydrogens (tertiary/aromatic N) is 2. The first-order valence-corrected chi connectivity index (χ1v) is 10.7. The SMILES string of the molecule is O=C(Nc1c2c(cc3c1CCO3)CCC2)NS(=O)(=O)c1ccn(C2CC2)n1. The van der Waals surface area contributed by atoms with Crippen molar-refractivity contribution >= 4 is 21.7 Å². The van der Waals surface area contributed by atoms with E-state index in [0.29, 0.717) is 18.7 Å². The number of carbonyl (C=O) groups excluding carboxylic acids is 1. The van der Waals surface area contributed by atoms with Crippen LogP contribution < -0.4 is 14.8 Å². The molecule has 0 saturated heterocycles. The van der Waals surface area contributed by atoms with Crippen LogP contribution in [0.5, 0.6) is 5.75 Å². The first-order valence-electron chi connectivity index (χ1n) is 9.21. The van der Waals surface area contributed by atoms with E-state index >= 15 is 0 Å². The van der Waals surface area contributed by atoms with E-state index in [-0.39, 0.29) is 11.1 Å². The number of aromatic nitrogens is 2. The topological polar surface area (TPSA) is 102 Å². The molecule has 2 aromatic rings. The molecule has 5 rings (SSSR count). The monoisotopic (exact) mass is 388 g/mol. The third-order valence-corrected chi connectivity index (χ3v) is 6.54. The van der Waals surface area contributed by atoms with Gasteiger partial charge in [-0.25, -0.2) is 9.52 Å². The van der Waals surface area contributed by atoms with Gasteiger partial charge in [0.15, 0.2) is 5.03 Å². The Labute approximate surface area is 156 Å². The van der Waals surface area contributed by atoms with Crippen molar-refractivity contribution in [2.24, 2.45) is 0 Å². The van der Waals surface area contributed by atoms with Gasteiger partial charge in [0.05, 0.1) is 18.3 Å². The highest BCUT2D eigenvalue weighted by Gasteiger charge is 2.29. The van der Waals surface area contributed by atoms with Gasteiger partial charge in [0.25, 0.3) is 10.0 Å². The molecule has 9 heteroatoms. The van der Waals surface area contributed by atoms with Crippen LogP contribution in [0.25, 0.3) is 0 Å². The van der Waals surface area contributed by atoms with E-state index in [1.165, 1.54) is 6.07 Å². The highest BCUT2D eigenvalue weighted by molar-refractivity contribution is 7.90. The molecule has 0 atom stereocenters. The van der Waals surface area contributed by atoms with Gasteiger partial charge in [0, 0.05) is 18.2 Å². The van der Waals surface area contributed by atoms with Gasteiger partial charge in [-0.1, -0.05) is 0 Å². The Bertz CT molecular complexity index is 1010. The predicted molar refractivity (Wildman–Crippen MR) is 97.5 cm³/mol. The standard InChI is InChI=1S/C18H20N4O4S/c23-18(21-27(24,25)16-6-8-22(20-16)12-4-5-12)19-17-13-3-1-2-11(13)10-15-14(17)7-9-26-15/h6,8,10,12H,1-5,7,9H2,(H2,19,21,23). The van der Waals surface area contributed by atoms with Crippen molar-refractivity contribution in [1.29, 1.82) is 0 Å². The van der Waals surface area contributed by atoms with Gasteiger partial charge in [-0.3, -0.25) is 4.68 Å². The van der Waals surface area contributed by atoms with Crippen molar-refractivity contribution < 1.29 is 17.9 Å². The maximum Gasteiger partial charge on any atom is 0.333 e. The molecular weight excluding hydrogens is 368 g/mol. The van der Waals surface area contributed by atoms with E-state index in [1.807, 2.05) is 0 Å². The number of urea groups is 1. The molecule has 0 radical (unpaired) electrons. The van der Waals surface area contributed by atoms with Gasteiger partial charge in [0.1, 0.15) is 5.75 Å². The van der Waals surface area contributed by atoms with E-state index in [4.69, 9.17) is 4.74 Å². The number of nitrogens with one attached hydrogen (secondary N) is 2. The number of benzene rings is 1. The Morgan fingerprint density at radius 1 is 1.22 bits per heavy atom. The van der Waals surface area contributed by atoms with Crippen LogP contribution in [-0.4, -0.2) is 30.8 Å². The van der Waals surface area contributed by atoms with E-state index in [0.717, 1.165) is 54.5 Å². The summed E-state index contributed by atoms with van der Waals surface area (Å²) in [7, 11) is -4.02. The second-order valence-corrected chi connectivity index (χ2v) is 8.87. The van der Waals surface area contributed by atoms with Crippen LogP contribution in [0.1, 0.15) is 42.0 Å². The fraction of sp³-hybridized carbons (Fsp3) is 0.444. The van der Waals surface area contributed by atoms with Crippen LogP contribution in [0, 0.1) is 0 Å². The van der Waals surface area contributed by atoms with Crippen LogP contribution in [0.2, 0.25) is 0 Å². The summed E-state index contributed by atoms with van der Waals surface area (Å²) in [6.07, 6.45) is 7.18. The number of carbonyl (C=O) groups is 1. The van der Waals surface area contributed by atoms with E-state index in [2.05, 4.69) is 21.2 Å². The van der Waals surface area contributed by atoms with E-state index in [9.17, 15) is 13.2 Å². The molecule has 0 unspecified atom stereocenters. The molecule has 142 valence electrons. The van der Waals surface area contributed by atoms with Crippen molar-refractivity contribution in [2.75, 3.05) is 11.9 Å². The Morgan fingerprint density at radius 3 is 2.89 bits per heavy atom. The quantitative estimate of drug-likeness (QED) is 0.836. The zero-order valence-electron chi connectivity index (χ0n) is 14.7. The number of fused-ring (bicyclic) bond motifs is 2. The average molecular weight is 388 g/mol. The molecule has 2 heterocycles. The highest BCUT2D eigenvalue weighted by atomic mass is 32.2. The molecule has 0 spiro atoms. The summed E-state index contributed by atoms with van der Waals surface area (Å²) in [4.78, 5) is 12.5. The molecule has 1 aliphatic heterocycles. The number of aryl methyl sites for hydroxylation is 1. The molecule has 1 aromatic carbocycles. The molecule has 8 nitrogen and oxygen atoms in total. The lowest BCUT2D eigenvalue weighted by atomic mass is 10.0. The van der Waals surface area contributed by atoms with Gasteiger partial charge >= 0.3 is 6.03 Å². The van der Waals surface area contributed by atoms with Crippen molar-refractivity contribution in [3.8, 4) is 5.75 Å². The first kappa shape index (κ1) is 16.6. The average Bonchev–Trinajstić information content (AvgIpc) is 3.05. The Balaban J connectivity index is 1.38. The first-order chi connectivity index (χ1) is 13.0. The number of sulfonamides is 1. The number of hydrogen-bond donors (Lipinski definition) is 2. The smallest absolute Gasteiger partial charge is 0.333 e. The molecule has 1 saturated carbocycles. The number of rotatable bonds is 4. The predicted octanol–water partition coefficient (Wildman–Crippen LogP) is 2.15. The second kappa shape index (κ2) is 5.98. The largest absolute Gasteiger partial charge is 0.493 e. The van der Waals surface area contributed by atoms with Crippen molar-refractivity contribution in [1.82, 2.24) is 14.5 Å². The van der Waals surface area contributed by atoms with Crippen LogP contribution in [0.15, 0.2) is 23.4 Å². The molecule has 2 N–H and O–H groups in total. The summed E-state index contributed by atoms with van der Waals surface area (Å²) < 4.78 is 34.3. The Morgan fingerprint density at radius 2 is 2.07 bits per heavy atom. The maximum absolute atomic E-state index is 12.5. The van der Waals surface area contributed by atoms with Crippen LogP contribution in [-0.2, 0) is 29.3 Å². The third kappa shape index (κ3) is 2.95. The summed E-state index contributed by atoms with van der Waals surface area (Å²) in [5.41, 5.74) is 3.90. The van der Waals surface area contributed by atoms with Crippen molar-refractivity contribution in [3.63, 3.8) is 0 Å². The molecule has 2 amide bonds. The van der Waals surface area contributed by atoms with Gasteiger partial charge in [0.2, 0.25) is 0 Å². The summed E-state index contributed by atoms with van der Waals surface area (Å²) in [5.74, 6) is 0.789. The van der Waals surface area contributed by atoms with Crippen LogP contribution >= 0.6 is 0 Å². The molecule has 1 fully saturated rings. The van der Waals surface area contributed by atoms with Crippen LogP contribution in [0.4, 0.5) is 10.5 Å². The normalized spacial score (nSPS) is 17.9. The molecular formula is C18H20N4O4S. The lowest BCUT2D eigenvalue weighted by Gasteiger charge is -2.15. The number of hydrogen-bond acceptors (Lipinski definition) is 5. The minimum atomic E-state index is -4.02.